The first kappa shape index (κ1) is 20.2. The van der Waals surface area contributed by atoms with E-state index in [0.29, 0.717) is 16.5 Å². The number of aryl methyl sites for hydroxylation is 2. The van der Waals surface area contributed by atoms with Gasteiger partial charge in [-0.1, -0.05) is 11.8 Å². The van der Waals surface area contributed by atoms with Crippen LogP contribution in [-0.4, -0.2) is 30.9 Å². The Kier molecular flexibility index (Phi) is 5.34. The zero-order valence-electron chi connectivity index (χ0n) is 17.1. The van der Waals surface area contributed by atoms with Crippen LogP contribution in [0.5, 0.6) is 0 Å². The summed E-state index contributed by atoms with van der Waals surface area (Å²) in [6, 6.07) is 9.97. The molecular weight excluding hydrogens is 403 g/mol. The Morgan fingerprint density at radius 1 is 1.13 bits per heavy atom. The van der Waals surface area contributed by atoms with Crippen LogP contribution < -0.4 is 0 Å². The second kappa shape index (κ2) is 7.95. The van der Waals surface area contributed by atoms with Crippen LogP contribution in [0.4, 0.5) is 4.39 Å². The van der Waals surface area contributed by atoms with Gasteiger partial charge in [-0.3, -0.25) is 4.79 Å². The fourth-order valence-electron chi connectivity index (χ4n) is 3.53. The molecule has 0 amide bonds. The van der Waals surface area contributed by atoms with Crippen molar-refractivity contribution in [2.45, 2.75) is 25.9 Å². The molecule has 154 valence electrons. The number of nitrogens with zero attached hydrogens (tertiary/aromatic N) is 4. The third-order valence-corrected chi connectivity index (χ3v) is 6.10. The Balaban J connectivity index is 1.53. The first-order valence-electron chi connectivity index (χ1n) is 9.41. The summed E-state index contributed by atoms with van der Waals surface area (Å²) in [6.45, 7) is 5.70. The number of ketones is 1. The average Bonchev–Trinajstić information content (AvgIpc) is 3.38. The SMILES string of the molecule is Cc1occc1-c1nnc(SCC(=O)c2cc(C)n(-c3ccc(F)cc3)c2C)n1C. The molecular formula is C22H21FN4O2S. The van der Waals surface area contributed by atoms with Crippen molar-refractivity contribution in [1.29, 1.82) is 0 Å². The smallest absolute Gasteiger partial charge is 0.191 e. The topological polar surface area (TPSA) is 65.8 Å². The van der Waals surface area contributed by atoms with Gasteiger partial charge in [-0.25, -0.2) is 4.39 Å². The molecule has 3 aromatic heterocycles. The molecule has 0 bridgehead atoms. The van der Waals surface area contributed by atoms with Crippen molar-refractivity contribution in [3.63, 3.8) is 0 Å². The van der Waals surface area contributed by atoms with Crippen molar-refractivity contribution in [3.05, 3.63) is 71.2 Å². The highest BCUT2D eigenvalue weighted by Gasteiger charge is 2.19. The summed E-state index contributed by atoms with van der Waals surface area (Å²) in [6.07, 6.45) is 1.62. The maximum absolute atomic E-state index is 13.3. The van der Waals surface area contributed by atoms with Gasteiger partial charge in [0.15, 0.2) is 16.8 Å². The van der Waals surface area contributed by atoms with Gasteiger partial charge in [0.1, 0.15) is 11.6 Å². The minimum atomic E-state index is -0.289. The molecule has 0 unspecified atom stereocenters. The predicted molar refractivity (Wildman–Crippen MR) is 114 cm³/mol. The van der Waals surface area contributed by atoms with E-state index in [2.05, 4.69) is 10.2 Å². The number of benzene rings is 1. The minimum absolute atomic E-state index is 0.00510. The summed E-state index contributed by atoms with van der Waals surface area (Å²) >= 11 is 1.35. The van der Waals surface area contributed by atoms with Gasteiger partial charge < -0.3 is 13.6 Å². The molecule has 0 N–H and O–H groups in total. The van der Waals surface area contributed by atoms with Gasteiger partial charge in [-0.15, -0.1) is 10.2 Å². The number of hydrogen-bond acceptors (Lipinski definition) is 5. The standard InChI is InChI=1S/C22H21FN4O2S/c1-13-11-19(14(2)27(13)17-7-5-16(23)6-8-17)20(28)12-30-22-25-24-21(26(22)4)18-9-10-29-15(18)3/h5-11H,12H2,1-4H3. The zero-order valence-corrected chi connectivity index (χ0v) is 18.0. The maximum atomic E-state index is 13.3. The van der Waals surface area contributed by atoms with Crippen molar-refractivity contribution in [2.24, 2.45) is 7.05 Å². The Morgan fingerprint density at radius 3 is 2.53 bits per heavy atom. The Hall–Kier alpha value is -3.13. The highest BCUT2D eigenvalue weighted by molar-refractivity contribution is 7.99. The van der Waals surface area contributed by atoms with E-state index < -0.39 is 0 Å². The molecule has 6 nitrogen and oxygen atoms in total. The van der Waals surface area contributed by atoms with E-state index in [1.54, 1.807) is 18.4 Å². The summed E-state index contributed by atoms with van der Waals surface area (Å²) < 4.78 is 22.4. The molecule has 0 aliphatic rings. The molecule has 0 fully saturated rings. The van der Waals surface area contributed by atoms with E-state index in [1.807, 2.05) is 49.1 Å². The van der Waals surface area contributed by atoms with Crippen LogP contribution in [-0.2, 0) is 7.05 Å². The molecule has 0 atom stereocenters. The van der Waals surface area contributed by atoms with E-state index in [9.17, 15) is 9.18 Å². The Morgan fingerprint density at radius 2 is 1.87 bits per heavy atom. The maximum Gasteiger partial charge on any atom is 0.191 e. The number of Topliss-reactive ketones (excluding diaryl/α,β-unsaturated/α-hetero) is 1. The molecule has 0 aliphatic carbocycles. The van der Waals surface area contributed by atoms with Crippen molar-refractivity contribution >= 4 is 17.5 Å². The monoisotopic (exact) mass is 424 g/mol. The van der Waals surface area contributed by atoms with Crippen LogP contribution >= 0.6 is 11.8 Å². The van der Waals surface area contributed by atoms with Gasteiger partial charge >= 0.3 is 0 Å². The van der Waals surface area contributed by atoms with Crippen LogP contribution in [0, 0.1) is 26.6 Å². The minimum Gasteiger partial charge on any atom is -0.469 e. The van der Waals surface area contributed by atoms with Crippen LogP contribution in [0.3, 0.4) is 0 Å². The fraction of sp³-hybridized carbons (Fsp3) is 0.227. The lowest BCUT2D eigenvalue weighted by Gasteiger charge is -2.09. The highest BCUT2D eigenvalue weighted by atomic mass is 32.2. The van der Waals surface area contributed by atoms with E-state index in [-0.39, 0.29) is 17.4 Å². The third-order valence-electron chi connectivity index (χ3n) is 5.08. The molecule has 0 radical (unpaired) electrons. The van der Waals surface area contributed by atoms with Gasteiger partial charge in [-0.2, -0.15) is 0 Å². The molecule has 0 aliphatic heterocycles. The average molecular weight is 425 g/mol. The van der Waals surface area contributed by atoms with E-state index in [4.69, 9.17) is 4.42 Å². The first-order valence-corrected chi connectivity index (χ1v) is 10.4. The molecule has 8 heteroatoms. The van der Waals surface area contributed by atoms with E-state index in [1.165, 1.54) is 23.9 Å². The van der Waals surface area contributed by atoms with Gasteiger partial charge in [-0.05, 0) is 57.2 Å². The second-order valence-corrected chi connectivity index (χ2v) is 8.01. The van der Waals surface area contributed by atoms with Crippen LogP contribution in [0.15, 0.2) is 52.2 Å². The summed E-state index contributed by atoms with van der Waals surface area (Å²) in [5.41, 5.74) is 4.11. The molecule has 0 saturated heterocycles. The number of thioether (sulfide) groups is 1. The summed E-state index contributed by atoms with van der Waals surface area (Å²) in [5, 5.41) is 9.12. The molecule has 4 rings (SSSR count). The molecule has 4 aromatic rings. The Labute approximate surface area is 177 Å². The number of aromatic nitrogens is 4. The number of furan rings is 1. The third kappa shape index (κ3) is 3.59. The fourth-order valence-corrected chi connectivity index (χ4v) is 4.33. The lowest BCUT2D eigenvalue weighted by atomic mass is 10.2. The van der Waals surface area contributed by atoms with Gasteiger partial charge in [0.05, 0.1) is 17.6 Å². The normalized spacial score (nSPS) is 11.2. The number of halogens is 1. The summed E-state index contributed by atoms with van der Waals surface area (Å²) in [5.74, 6) is 1.43. The van der Waals surface area contributed by atoms with Crippen LogP contribution in [0.1, 0.15) is 27.5 Å². The van der Waals surface area contributed by atoms with Crippen molar-refractivity contribution in [1.82, 2.24) is 19.3 Å². The number of carbonyl (C=O) groups excluding carboxylic acids is 1. The van der Waals surface area contributed by atoms with Crippen molar-refractivity contribution < 1.29 is 13.6 Å². The number of carbonyl (C=O) groups is 1. The van der Waals surface area contributed by atoms with Crippen molar-refractivity contribution in [2.75, 3.05) is 5.75 Å². The van der Waals surface area contributed by atoms with Crippen molar-refractivity contribution in [3.8, 4) is 17.1 Å². The lowest BCUT2D eigenvalue weighted by Crippen LogP contribution is -2.06. The predicted octanol–water partition coefficient (Wildman–Crippen LogP) is 4.91. The van der Waals surface area contributed by atoms with Gasteiger partial charge in [0, 0.05) is 29.7 Å². The largest absolute Gasteiger partial charge is 0.469 e. The molecule has 0 saturated carbocycles. The molecule has 0 spiro atoms. The number of hydrogen-bond donors (Lipinski definition) is 0. The van der Waals surface area contributed by atoms with Gasteiger partial charge in [0.2, 0.25) is 0 Å². The molecule has 1 aromatic carbocycles. The van der Waals surface area contributed by atoms with Gasteiger partial charge in [0.25, 0.3) is 0 Å². The van der Waals surface area contributed by atoms with Crippen LogP contribution in [0.25, 0.3) is 17.1 Å². The summed E-state index contributed by atoms with van der Waals surface area (Å²) in [7, 11) is 1.87. The first-order chi connectivity index (χ1) is 14.4. The number of rotatable bonds is 6. The highest BCUT2D eigenvalue weighted by Crippen LogP contribution is 2.27. The quantitative estimate of drug-likeness (QED) is 0.325. The molecule has 3 heterocycles. The zero-order chi connectivity index (χ0) is 21.4. The summed E-state index contributed by atoms with van der Waals surface area (Å²) in [4.78, 5) is 12.9. The second-order valence-electron chi connectivity index (χ2n) is 7.06. The molecule has 30 heavy (non-hydrogen) atoms. The Bertz CT molecular complexity index is 1220. The van der Waals surface area contributed by atoms with Crippen LogP contribution in [0.2, 0.25) is 0 Å². The van der Waals surface area contributed by atoms with E-state index in [0.717, 1.165) is 28.4 Å². The lowest BCUT2D eigenvalue weighted by molar-refractivity contribution is 0.102. The van der Waals surface area contributed by atoms with E-state index >= 15 is 0 Å².